The van der Waals surface area contributed by atoms with Crippen molar-refractivity contribution in [3.05, 3.63) is 82.9 Å². The minimum Gasteiger partial charge on any atom is -0.493 e. The molecule has 2 amide bonds. The number of benzene rings is 3. The number of amides is 2. The van der Waals surface area contributed by atoms with E-state index in [1.165, 1.54) is 37.3 Å². The van der Waals surface area contributed by atoms with Gasteiger partial charge in [-0.05, 0) is 87.1 Å². The molecule has 1 N–H and O–H groups in total. The number of anilines is 1. The first-order chi connectivity index (χ1) is 20.9. The summed E-state index contributed by atoms with van der Waals surface area (Å²) >= 11 is 0. The SMILES string of the molecule is CC[C@@H](C)NC(=O)[C@H](CC)N(Cc1ccccc1C)C(=O)CN(c1cc(C)cc(C)c1)S(=O)(=O)c1ccc(OC)c(OC)c1. The number of nitrogens with one attached hydrogen (secondary N) is 1. The van der Waals surface area contributed by atoms with Crippen molar-refractivity contribution in [2.45, 2.75) is 77.9 Å². The van der Waals surface area contributed by atoms with E-state index in [0.717, 1.165) is 33.0 Å². The first kappa shape index (κ1) is 34.4. The number of nitrogens with zero attached hydrogens (tertiary/aromatic N) is 2. The van der Waals surface area contributed by atoms with Gasteiger partial charge in [-0.15, -0.1) is 0 Å². The Hall–Kier alpha value is -4.05. The fraction of sp³-hybridized carbons (Fsp3) is 0.412. The van der Waals surface area contributed by atoms with Crippen LogP contribution in [-0.2, 0) is 26.2 Å². The minimum atomic E-state index is -4.28. The number of rotatable bonds is 14. The van der Waals surface area contributed by atoms with Crippen molar-refractivity contribution in [1.29, 1.82) is 0 Å². The molecule has 0 heterocycles. The molecule has 0 radical (unpaired) electrons. The maximum absolute atomic E-state index is 14.4. The molecule has 0 unspecified atom stereocenters. The van der Waals surface area contributed by atoms with Gasteiger partial charge in [-0.25, -0.2) is 8.42 Å². The van der Waals surface area contributed by atoms with Crippen LogP contribution in [0, 0.1) is 20.8 Å². The average Bonchev–Trinajstić information content (AvgIpc) is 2.99. The molecule has 3 aromatic rings. The molecule has 0 aliphatic carbocycles. The van der Waals surface area contributed by atoms with E-state index < -0.39 is 28.5 Å². The number of methoxy groups -OCH3 is 2. The van der Waals surface area contributed by atoms with Crippen LogP contribution in [0.15, 0.2) is 65.6 Å². The second-order valence-corrected chi connectivity index (χ2v) is 12.9. The molecule has 0 fully saturated rings. The van der Waals surface area contributed by atoms with E-state index >= 15 is 0 Å². The van der Waals surface area contributed by atoms with Crippen LogP contribution in [0.2, 0.25) is 0 Å². The van der Waals surface area contributed by atoms with Crippen molar-refractivity contribution in [1.82, 2.24) is 10.2 Å². The van der Waals surface area contributed by atoms with E-state index in [1.54, 1.807) is 12.1 Å². The third-order valence-electron chi connectivity index (χ3n) is 7.71. The quantitative estimate of drug-likeness (QED) is 0.253. The standard InChI is InChI=1S/C34H45N3O6S/c1-9-26(6)35-34(39)30(10-2)36(21-27-14-12-11-13-25(27)5)33(38)22-37(28-18-23(3)17-24(4)19-28)44(40,41)29-15-16-31(42-7)32(20-29)43-8/h11-20,26,30H,9-10,21-22H2,1-8H3,(H,35,39)/t26-,30+/m1/s1. The van der Waals surface area contributed by atoms with Gasteiger partial charge >= 0.3 is 0 Å². The topological polar surface area (TPSA) is 105 Å². The summed E-state index contributed by atoms with van der Waals surface area (Å²) in [6.07, 6.45) is 1.09. The Morgan fingerprint density at radius 3 is 2.07 bits per heavy atom. The first-order valence-corrected chi connectivity index (χ1v) is 16.3. The Bertz CT molecular complexity index is 1550. The molecule has 0 aliphatic heterocycles. The van der Waals surface area contributed by atoms with E-state index in [4.69, 9.17) is 9.47 Å². The number of sulfonamides is 1. The molecular formula is C34H45N3O6S. The van der Waals surface area contributed by atoms with Gasteiger partial charge in [0.2, 0.25) is 11.8 Å². The number of hydrogen-bond donors (Lipinski definition) is 1. The molecule has 10 heteroatoms. The highest BCUT2D eigenvalue weighted by Gasteiger charge is 2.34. The van der Waals surface area contributed by atoms with Crippen molar-refractivity contribution < 1.29 is 27.5 Å². The number of ether oxygens (including phenoxy) is 2. The molecule has 3 aromatic carbocycles. The molecule has 0 spiro atoms. The van der Waals surface area contributed by atoms with Gasteiger partial charge in [0, 0.05) is 18.7 Å². The Morgan fingerprint density at radius 2 is 1.50 bits per heavy atom. The Morgan fingerprint density at radius 1 is 0.864 bits per heavy atom. The van der Waals surface area contributed by atoms with Gasteiger partial charge in [-0.1, -0.05) is 44.2 Å². The second kappa shape index (κ2) is 15.1. The molecule has 0 bridgehead atoms. The van der Waals surface area contributed by atoms with Crippen LogP contribution >= 0.6 is 0 Å². The van der Waals surface area contributed by atoms with Gasteiger partial charge in [0.15, 0.2) is 11.5 Å². The summed E-state index contributed by atoms with van der Waals surface area (Å²) in [6, 6.07) is 16.5. The van der Waals surface area contributed by atoms with Crippen LogP contribution in [0.25, 0.3) is 0 Å². The van der Waals surface area contributed by atoms with Crippen LogP contribution in [-0.4, -0.2) is 58.0 Å². The van der Waals surface area contributed by atoms with Crippen LogP contribution < -0.4 is 19.1 Å². The predicted molar refractivity (Wildman–Crippen MR) is 174 cm³/mol. The summed E-state index contributed by atoms with van der Waals surface area (Å²) in [5, 5.41) is 3.01. The molecule has 238 valence electrons. The van der Waals surface area contributed by atoms with E-state index in [-0.39, 0.29) is 29.1 Å². The lowest BCUT2D eigenvalue weighted by molar-refractivity contribution is -0.140. The molecule has 9 nitrogen and oxygen atoms in total. The van der Waals surface area contributed by atoms with Crippen molar-refractivity contribution >= 4 is 27.5 Å². The zero-order chi connectivity index (χ0) is 32.6. The largest absolute Gasteiger partial charge is 0.493 e. The van der Waals surface area contributed by atoms with Gasteiger partial charge in [0.25, 0.3) is 10.0 Å². The number of carbonyl (C=O) groups excluding carboxylic acids is 2. The summed E-state index contributed by atoms with van der Waals surface area (Å²) in [6.45, 7) is 11.1. The normalized spacial score (nSPS) is 12.6. The number of hydrogen-bond acceptors (Lipinski definition) is 6. The highest BCUT2D eigenvalue weighted by Crippen LogP contribution is 2.33. The highest BCUT2D eigenvalue weighted by molar-refractivity contribution is 7.92. The number of carbonyl (C=O) groups is 2. The molecule has 0 aromatic heterocycles. The molecule has 0 saturated carbocycles. The van der Waals surface area contributed by atoms with Gasteiger partial charge in [-0.2, -0.15) is 0 Å². The van der Waals surface area contributed by atoms with Crippen molar-refractivity contribution in [2.75, 3.05) is 25.1 Å². The van der Waals surface area contributed by atoms with Gasteiger partial charge in [0.05, 0.1) is 24.8 Å². The maximum Gasteiger partial charge on any atom is 0.264 e. The van der Waals surface area contributed by atoms with Gasteiger partial charge in [0.1, 0.15) is 12.6 Å². The van der Waals surface area contributed by atoms with Gasteiger partial charge in [-0.3, -0.25) is 13.9 Å². The van der Waals surface area contributed by atoms with E-state index in [2.05, 4.69) is 5.32 Å². The van der Waals surface area contributed by atoms with E-state index in [9.17, 15) is 18.0 Å². The maximum atomic E-state index is 14.4. The third kappa shape index (κ3) is 8.11. The highest BCUT2D eigenvalue weighted by atomic mass is 32.2. The first-order valence-electron chi connectivity index (χ1n) is 14.8. The van der Waals surface area contributed by atoms with Crippen molar-refractivity contribution in [3.63, 3.8) is 0 Å². The van der Waals surface area contributed by atoms with Crippen LogP contribution in [0.4, 0.5) is 5.69 Å². The fourth-order valence-electron chi connectivity index (χ4n) is 5.06. The lowest BCUT2D eigenvalue weighted by Crippen LogP contribution is -2.53. The van der Waals surface area contributed by atoms with Crippen LogP contribution in [0.5, 0.6) is 11.5 Å². The molecule has 0 saturated heterocycles. The van der Waals surface area contributed by atoms with Crippen molar-refractivity contribution in [3.8, 4) is 11.5 Å². The van der Waals surface area contributed by atoms with Crippen LogP contribution in [0.1, 0.15) is 55.9 Å². The molecule has 0 aliphatic rings. The minimum absolute atomic E-state index is 0.0610. The van der Waals surface area contributed by atoms with Crippen molar-refractivity contribution in [2.24, 2.45) is 0 Å². The smallest absolute Gasteiger partial charge is 0.264 e. The lowest BCUT2D eigenvalue weighted by atomic mass is 10.1. The summed E-state index contributed by atoms with van der Waals surface area (Å²) in [4.78, 5) is 29.3. The summed E-state index contributed by atoms with van der Waals surface area (Å²) < 4.78 is 40.5. The lowest BCUT2D eigenvalue weighted by Gasteiger charge is -2.34. The second-order valence-electron chi connectivity index (χ2n) is 11.1. The molecule has 3 rings (SSSR count). The zero-order valence-electron chi connectivity index (χ0n) is 27.0. The number of aryl methyl sites for hydroxylation is 3. The summed E-state index contributed by atoms with van der Waals surface area (Å²) in [5.74, 6) is -0.149. The predicted octanol–water partition coefficient (Wildman–Crippen LogP) is 5.55. The Kier molecular flexibility index (Phi) is 11.8. The molecule has 2 atom stereocenters. The third-order valence-corrected chi connectivity index (χ3v) is 9.48. The summed E-state index contributed by atoms with van der Waals surface area (Å²) in [7, 11) is -1.38. The summed E-state index contributed by atoms with van der Waals surface area (Å²) in [5.41, 5.74) is 3.87. The fourth-order valence-corrected chi connectivity index (χ4v) is 6.47. The van der Waals surface area contributed by atoms with E-state index in [1.807, 2.05) is 71.9 Å². The monoisotopic (exact) mass is 623 g/mol. The van der Waals surface area contributed by atoms with Crippen LogP contribution in [0.3, 0.4) is 0 Å². The van der Waals surface area contributed by atoms with Gasteiger partial charge < -0.3 is 19.7 Å². The Labute approximate surface area is 262 Å². The zero-order valence-corrected chi connectivity index (χ0v) is 27.8. The molecular weight excluding hydrogens is 578 g/mol. The van der Waals surface area contributed by atoms with E-state index in [0.29, 0.717) is 17.9 Å². The average molecular weight is 624 g/mol. The molecule has 44 heavy (non-hydrogen) atoms. The Balaban J connectivity index is 2.15.